The van der Waals surface area contributed by atoms with E-state index in [0.717, 1.165) is 37.6 Å². The summed E-state index contributed by atoms with van der Waals surface area (Å²) in [6.07, 6.45) is 4.98. The summed E-state index contributed by atoms with van der Waals surface area (Å²) in [5.41, 5.74) is 6.83. The quantitative estimate of drug-likeness (QED) is 0.802. The zero-order valence-electron chi connectivity index (χ0n) is 10.3. The van der Waals surface area contributed by atoms with Gasteiger partial charge in [-0.05, 0) is 25.4 Å². The standard InChI is InChI=1S/C12H20N4O/c1-17-9-12-14-5-11(6-15-12)8-16-3-2-10(4-13)7-16/h5-6,10H,2-4,7-9,13H2,1H3/t10-/m1/s1. The average molecular weight is 236 g/mol. The van der Waals surface area contributed by atoms with Crippen LogP contribution in [-0.2, 0) is 17.9 Å². The minimum absolute atomic E-state index is 0.471. The van der Waals surface area contributed by atoms with E-state index < -0.39 is 0 Å². The van der Waals surface area contributed by atoms with E-state index in [1.54, 1.807) is 7.11 Å². The molecule has 0 spiro atoms. The van der Waals surface area contributed by atoms with Crippen LogP contribution in [0, 0.1) is 5.92 Å². The van der Waals surface area contributed by atoms with E-state index in [4.69, 9.17) is 10.5 Å². The molecule has 2 N–H and O–H groups in total. The second-order valence-corrected chi connectivity index (χ2v) is 4.57. The molecule has 0 unspecified atom stereocenters. The van der Waals surface area contributed by atoms with Gasteiger partial charge in [0.25, 0.3) is 0 Å². The molecule has 94 valence electrons. The minimum atomic E-state index is 0.471. The second-order valence-electron chi connectivity index (χ2n) is 4.57. The van der Waals surface area contributed by atoms with Crippen LogP contribution in [0.2, 0.25) is 0 Å². The maximum absolute atomic E-state index is 5.68. The number of rotatable bonds is 5. The SMILES string of the molecule is COCc1ncc(CN2CC[C@H](CN)C2)cn1. The highest BCUT2D eigenvalue weighted by atomic mass is 16.5. The number of hydrogen-bond acceptors (Lipinski definition) is 5. The van der Waals surface area contributed by atoms with Gasteiger partial charge in [-0.1, -0.05) is 0 Å². The molecule has 1 atom stereocenters. The first-order valence-electron chi connectivity index (χ1n) is 6.03. The van der Waals surface area contributed by atoms with Crippen molar-refractivity contribution >= 4 is 0 Å². The van der Waals surface area contributed by atoms with Crippen molar-refractivity contribution < 1.29 is 4.74 Å². The van der Waals surface area contributed by atoms with Crippen molar-refractivity contribution in [2.45, 2.75) is 19.6 Å². The van der Waals surface area contributed by atoms with Crippen LogP contribution < -0.4 is 5.73 Å². The third-order valence-corrected chi connectivity index (χ3v) is 3.14. The highest BCUT2D eigenvalue weighted by molar-refractivity contribution is 5.05. The lowest BCUT2D eigenvalue weighted by Crippen LogP contribution is -2.23. The third kappa shape index (κ3) is 3.46. The van der Waals surface area contributed by atoms with Crippen molar-refractivity contribution in [1.29, 1.82) is 0 Å². The molecule has 0 radical (unpaired) electrons. The fraction of sp³-hybridized carbons (Fsp3) is 0.667. The van der Waals surface area contributed by atoms with E-state index >= 15 is 0 Å². The van der Waals surface area contributed by atoms with Gasteiger partial charge in [0, 0.05) is 38.2 Å². The lowest BCUT2D eigenvalue weighted by Gasteiger charge is -2.15. The Labute approximate surface area is 102 Å². The van der Waals surface area contributed by atoms with Crippen LogP contribution in [0.5, 0.6) is 0 Å². The Bertz CT molecular complexity index is 341. The van der Waals surface area contributed by atoms with Crippen molar-refractivity contribution in [3.8, 4) is 0 Å². The number of likely N-dealkylation sites (tertiary alicyclic amines) is 1. The second kappa shape index (κ2) is 6.05. The largest absolute Gasteiger partial charge is 0.377 e. The Hall–Kier alpha value is -1.04. The van der Waals surface area contributed by atoms with Crippen LogP contribution in [-0.4, -0.2) is 41.6 Å². The fourth-order valence-electron chi connectivity index (χ4n) is 2.17. The zero-order valence-corrected chi connectivity index (χ0v) is 10.3. The van der Waals surface area contributed by atoms with Gasteiger partial charge in [0.15, 0.2) is 5.82 Å². The Kier molecular flexibility index (Phi) is 4.42. The van der Waals surface area contributed by atoms with Gasteiger partial charge < -0.3 is 10.5 Å². The van der Waals surface area contributed by atoms with Crippen molar-refractivity contribution in [3.05, 3.63) is 23.8 Å². The van der Waals surface area contributed by atoms with Gasteiger partial charge in [-0.25, -0.2) is 9.97 Å². The molecule has 5 nitrogen and oxygen atoms in total. The smallest absolute Gasteiger partial charge is 0.153 e. The van der Waals surface area contributed by atoms with Gasteiger partial charge in [-0.15, -0.1) is 0 Å². The predicted molar refractivity (Wildman–Crippen MR) is 65.2 cm³/mol. The summed E-state index contributed by atoms with van der Waals surface area (Å²) in [4.78, 5) is 10.9. The highest BCUT2D eigenvalue weighted by Gasteiger charge is 2.21. The molecule has 5 heteroatoms. The maximum atomic E-state index is 5.68. The van der Waals surface area contributed by atoms with E-state index in [9.17, 15) is 0 Å². The molecule has 0 saturated carbocycles. The van der Waals surface area contributed by atoms with Crippen molar-refractivity contribution in [2.24, 2.45) is 11.7 Å². The van der Waals surface area contributed by atoms with Gasteiger partial charge in [-0.2, -0.15) is 0 Å². The number of ether oxygens (including phenoxy) is 1. The van der Waals surface area contributed by atoms with E-state index in [-0.39, 0.29) is 0 Å². The lowest BCUT2D eigenvalue weighted by atomic mass is 10.1. The first kappa shape index (κ1) is 12.4. The average Bonchev–Trinajstić information content (AvgIpc) is 2.80. The molecule has 2 heterocycles. The van der Waals surface area contributed by atoms with E-state index in [2.05, 4.69) is 14.9 Å². The molecule has 1 aliphatic heterocycles. The molecule has 0 aliphatic carbocycles. The lowest BCUT2D eigenvalue weighted by molar-refractivity contribution is 0.177. The van der Waals surface area contributed by atoms with Gasteiger partial charge in [0.1, 0.15) is 6.61 Å². The first-order valence-corrected chi connectivity index (χ1v) is 6.03. The number of nitrogens with zero attached hydrogens (tertiary/aromatic N) is 3. The number of methoxy groups -OCH3 is 1. The number of aromatic nitrogens is 2. The van der Waals surface area contributed by atoms with Crippen molar-refractivity contribution in [2.75, 3.05) is 26.7 Å². The minimum Gasteiger partial charge on any atom is -0.377 e. The van der Waals surface area contributed by atoms with Crippen LogP contribution >= 0.6 is 0 Å². The maximum Gasteiger partial charge on any atom is 0.153 e. The van der Waals surface area contributed by atoms with Gasteiger partial charge in [0.2, 0.25) is 0 Å². The van der Waals surface area contributed by atoms with Gasteiger partial charge in [-0.3, -0.25) is 4.90 Å². The summed E-state index contributed by atoms with van der Waals surface area (Å²) in [6.45, 7) is 4.40. The van der Waals surface area contributed by atoms with Crippen LogP contribution in [0.4, 0.5) is 0 Å². The number of nitrogens with two attached hydrogens (primary N) is 1. The molecule has 1 fully saturated rings. The molecule has 0 amide bonds. The molecule has 0 bridgehead atoms. The molecule has 1 aromatic heterocycles. The van der Waals surface area contributed by atoms with Crippen LogP contribution in [0.1, 0.15) is 17.8 Å². The molecular formula is C12H20N4O. The fourth-order valence-corrected chi connectivity index (χ4v) is 2.17. The van der Waals surface area contributed by atoms with Crippen LogP contribution in [0.15, 0.2) is 12.4 Å². The summed E-state index contributed by atoms with van der Waals surface area (Å²) in [6, 6.07) is 0. The first-order chi connectivity index (χ1) is 8.31. The van der Waals surface area contributed by atoms with Gasteiger partial charge >= 0.3 is 0 Å². The summed E-state index contributed by atoms with van der Waals surface area (Å²) >= 11 is 0. The zero-order chi connectivity index (χ0) is 12.1. The van der Waals surface area contributed by atoms with E-state index in [1.807, 2.05) is 12.4 Å². The Morgan fingerprint density at radius 1 is 1.47 bits per heavy atom. The molecule has 1 aliphatic rings. The monoisotopic (exact) mass is 236 g/mol. The molecular weight excluding hydrogens is 216 g/mol. The third-order valence-electron chi connectivity index (χ3n) is 3.14. The molecule has 1 saturated heterocycles. The summed E-state index contributed by atoms with van der Waals surface area (Å²) in [5.74, 6) is 1.39. The molecule has 1 aromatic rings. The normalized spacial score (nSPS) is 20.9. The number of hydrogen-bond donors (Lipinski definition) is 1. The summed E-state index contributed by atoms with van der Waals surface area (Å²) < 4.78 is 4.98. The molecule has 17 heavy (non-hydrogen) atoms. The Morgan fingerprint density at radius 2 is 2.24 bits per heavy atom. The van der Waals surface area contributed by atoms with Crippen molar-refractivity contribution in [1.82, 2.24) is 14.9 Å². The van der Waals surface area contributed by atoms with Crippen LogP contribution in [0.25, 0.3) is 0 Å². The van der Waals surface area contributed by atoms with Crippen molar-refractivity contribution in [3.63, 3.8) is 0 Å². The van der Waals surface area contributed by atoms with E-state index in [0.29, 0.717) is 12.5 Å². The Balaban J connectivity index is 1.86. The Morgan fingerprint density at radius 3 is 2.82 bits per heavy atom. The highest BCUT2D eigenvalue weighted by Crippen LogP contribution is 2.16. The van der Waals surface area contributed by atoms with Crippen LogP contribution in [0.3, 0.4) is 0 Å². The summed E-state index contributed by atoms with van der Waals surface area (Å²) in [7, 11) is 1.65. The van der Waals surface area contributed by atoms with Gasteiger partial charge in [0.05, 0.1) is 0 Å². The van der Waals surface area contributed by atoms with E-state index in [1.165, 1.54) is 6.42 Å². The summed E-state index contributed by atoms with van der Waals surface area (Å²) in [5, 5.41) is 0. The topological polar surface area (TPSA) is 64.3 Å². The molecule has 2 rings (SSSR count). The predicted octanol–water partition coefficient (Wildman–Crippen LogP) is 0.404. The molecule has 0 aromatic carbocycles.